The minimum Gasteiger partial charge on any atom is -0.460 e. The molecule has 1 fully saturated rings. The van der Waals surface area contributed by atoms with Crippen LogP contribution in [-0.2, 0) is 25.7 Å². The Morgan fingerprint density at radius 1 is 1.26 bits per heavy atom. The second-order valence-corrected chi connectivity index (χ2v) is 6.77. The van der Waals surface area contributed by atoms with Gasteiger partial charge < -0.3 is 18.8 Å². The summed E-state index contributed by atoms with van der Waals surface area (Å²) in [6.45, 7) is 5.98. The first kappa shape index (κ1) is 18.9. The van der Waals surface area contributed by atoms with Crippen LogP contribution in [0.4, 0.5) is 0 Å². The van der Waals surface area contributed by atoms with Crippen LogP contribution in [0.5, 0.6) is 0 Å². The monoisotopic (exact) mass is 373 g/mol. The lowest BCUT2D eigenvalue weighted by atomic mass is 10.1. The summed E-state index contributed by atoms with van der Waals surface area (Å²) in [5, 5.41) is 0.694. The van der Waals surface area contributed by atoms with Gasteiger partial charge in [-0.15, -0.1) is 0 Å². The molecule has 1 amide bonds. The van der Waals surface area contributed by atoms with Gasteiger partial charge >= 0.3 is 11.9 Å². The minimum atomic E-state index is -0.596. The van der Waals surface area contributed by atoms with Crippen LogP contribution in [0, 0.1) is 5.92 Å². The maximum atomic E-state index is 12.4. The molecule has 1 unspecified atom stereocenters. The van der Waals surface area contributed by atoms with Crippen LogP contribution in [0.25, 0.3) is 11.0 Å². The third kappa shape index (κ3) is 3.82. The van der Waals surface area contributed by atoms with Crippen molar-refractivity contribution in [1.82, 2.24) is 4.90 Å². The van der Waals surface area contributed by atoms with Crippen molar-refractivity contribution in [3.8, 4) is 0 Å². The molecule has 2 heterocycles. The molecule has 3 rings (SSSR count). The van der Waals surface area contributed by atoms with Gasteiger partial charge in [0.1, 0.15) is 12.2 Å². The summed E-state index contributed by atoms with van der Waals surface area (Å²) < 4.78 is 16.1. The SMILES string of the molecule is CCOC(=O)c1oc2ccccc2c1COC(=O)C1CC(=O)N(C(C)C)C1. The molecule has 7 heteroatoms. The molecule has 0 saturated carbocycles. The highest BCUT2D eigenvalue weighted by Crippen LogP contribution is 2.28. The maximum absolute atomic E-state index is 12.4. The molecule has 1 aromatic heterocycles. The number of hydrogen-bond acceptors (Lipinski definition) is 6. The maximum Gasteiger partial charge on any atom is 0.374 e. The van der Waals surface area contributed by atoms with Crippen LogP contribution < -0.4 is 0 Å². The predicted octanol–water partition coefficient (Wildman–Crippen LogP) is 2.91. The lowest BCUT2D eigenvalue weighted by molar-refractivity contribution is -0.149. The number of ether oxygens (including phenoxy) is 2. The van der Waals surface area contributed by atoms with Crippen molar-refractivity contribution in [1.29, 1.82) is 0 Å². The van der Waals surface area contributed by atoms with Crippen LogP contribution in [0.3, 0.4) is 0 Å². The van der Waals surface area contributed by atoms with Gasteiger partial charge in [-0.05, 0) is 26.8 Å². The van der Waals surface area contributed by atoms with Crippen molar-refractivity contribution < 1.29 is 28.3 Å². The Bertz CT molecular complexity index is 868. The zero-order valence-electron chi connectivity index (χ0n) is 15.7. The Kier molecular flexibility index (Phi) is 5.48. The number of rotatable bonds is 6. The number of furan rings is 1. The van der Waals surface area contributed by atoms with Crippen molar-refractivity contribution in [2.24, 2.45) is 5.92 Å². The van der Waals surface area contributed by atoms with Gasteiger partial charge in [-0.3, -0.25) is 9.59 Å². The van der Waals surface area contributed by atoms with Gasteiger partial charge in [-0.1, -0.05) is 18.2 Å². The number of carbonyl (C=O) groups is 3. The first-order chi connectivity index (χ1) is 12.9. The summed E-state index contributed by atoms with van der Waals surface area (Å²) in [6.07, 6.45) is 0.147. The van der Waals surface area contributed by atoms with Gasteiger partial charge in [0.2, 0.25) is 11.7 Å². The van der Waals surface area contributed by atoms with E-state index in [1.807, 2.05) is 19.9 Å². The number of hydrogen-bond donors (Lipinski definition) is 0. The molecule has 1 aromatic carbocycles. The van der Waals surface area contributed by atoms with Crippen molar-refractivity contribution in [2.75, 3.05) is 13.2 Å². The number of carbonyl (C=O) groups excluding carboxylic acids is 3. The number of para-hydroxylation sites is 1. The van der Waals surface area contributed by atoms with Crippen LogP contribution in [0.1, 0.15) is 43.3 Å². The summed E-state index contributed by atoms with van der Waals surface area (Å²) in [6, 6.07) is 7.18. The van der Waals surface area contributed by atoms with Gasteiger partial charge in [0.25, 0.3) is 0 Å². The number of esters is 2. The molecule has 1 atom stereocenters. The van der Waals surface area contributed by atoms with E-state index in [9.17, 15) is 14.4 Å². The number of amides is 1. The molecule has 2 aromatic rings. The molecular weight excluding hydrogens is 350 g/mol. The highest BCUT2D eigenvalue weighted by Gasteiger charge is 2.36. The predicted molar refractivity (Wildman–Crippen MR) is 96.9 cm³/mol. The van der Waals surface area contributed by atoms with Crippen molar-refractivity contribution in [3.63, 3.8) is 0 Å². The van der Waals surface area contributed by atoms with Gasteiger partial charge in [-0.25, -0.2) is 4.79 Å². The quantitative estimate of drug-likeness (QED) is 0.724. The molecule has 7 nitrogen and oxygen atoms in total. The third-order valence-corrected chi connectivity index (χ3v) is 4.63. The standard InChI is InChI=1S/C20H23NO6/c1-4-25-20(24)18-15(14-7-5-6-8-16(14)27-18)11-26-19(23)13-9-17(22)21(10-13)12(2)3/h5-8,12-13H,4,9-11H2,1-3H3. The molecule has 1 saturated heterocycles. The highest BCUT2D eigenvalue weighted by atomic mass is 16.5. The van der Waals surface area contributed by atoms with Gasteiger partial charge in [0.15, 0.2) is 0 Å². The molecule has 0 aliphatic carbocycles. The molecule has 27 heavy (non-hydrogen) atoms. The molecule has 0 N–H and O–H groups in total. The average Bonchev–Trinajstić information content (AvgIpc) is 3.21. The van der Waals surface area contributed by atoms with E-state index in [-0.39, 0.29) is 37.3 Å². The Morgan fingerprint density at radius 2 is 2.00 bits per heavy atom. The van der Waals surface area contributed by atoms with Crippen LogP contribution in [-0.4, -0.2) is 41.9 Å². The summed E-state index contributed by atoms with van der Waals surface area (Å²) in [4.78, 5) is 38.3. The Hall–Kier alpha value is -2.83. The lowest BCUT2D eigenvalue weighted by Crippen LogP contribution is -2.33. The molecule has 0 radical (unpaired) electrons. The Morgan fingerprint density at radius 3 is 2.67 bits per heavy atom. The average molecular weight is 373 g/mol. The van der Waals surface area contributed by atoms with Crippen molar-refractivity contribution in [2.45, 2.75) is 39.8 Å². The second kappa shape index (κ2) is 7.82. The van der Waals surface area contributed by atoms with E-state index < -0.39 is 17.9 Å². The van der Waals surface area contributed by atoms with Crippen LogP contribution >= 0.6 is 0 Å². The van der Waals surface area contributed by atoms with E-state index in [0.717, 1.165) is 0 Å². The van der Waals surface area contributed by atoms with E-state index in [0.29, 0.717) is 23.1 Å². The largest absolute Gasteiger partial charge is 0.460 e. The van der Waals surface area contributed by atoms with E-state index in [2.05, 4.69) is 0 Å². The zero-order valence-corrected chi connectivity index (χ0v) is 15.7. The fourth-order valence-corrected chi connectivity index (χ4v) is 3.25. The molecule has 1 aliphatic rings. The minimum absolute atomic E-state index is 0.0390. The van der Waals surface area contributed by atoms with E-state index in [1.54, 1.807) is 30.0 Å². The summed E-state index contributed by atoms with van der Waals surface area (Å²) in [5.74, 6) is -1.55. The van der Waals surface area contributed by atoms with Gasteiger partial charge in [0, 0.05) is 24.4 Å². The number of nitrogens with zero attached hydrogens (tertiary/aromatic N) is 1. The smallest absolute Gasteiger partial charge is 0.374 e. The number of likely N-dealkylation sites (tertiary alicyclic amines) is 1. The normalized spacial score (nSPS) is 17.0. The molecule has 0 bridgehead atoms. The zero-order chi connectivity index (χ0) is 19.6. The first-order valence-electron chi connectivity index (χ1n) is 9.06. The lowest BCUT2D eigenvalue weighted by Gasteiger charge is -2.20. The second-order valence-electron chi connectivity index (χ2n) is 6.77. The summed E-state index contributed by atoms with van der Waals surface area (Å²) in [5.41, 5.74) is 0.996. The fraction of sp³-hybridized carbons (Fsp3) is 0.450. The molecule has 0 spiro atoms. The van der Waals surface area contributed by atoms with E-state index in [4.69, 9.17) is 13.9 Å². The molecule has 1 aliphatic heterocycles. The Labute approximate surface area is 157 Å². The topological polar surface area (TPSA) is 86.0 Å². The third-order valence-electron chi connectivity index (χ3n) is 4.63. The van der Waals surface area contributed by atoms with Crippen LogP contribution in [0.15, 0.2) is 28.7 Å². The van der Waals surface area contributed by atoms with Crippen LogP contribution in [0.2, 0.25) is 0 Å². The molecular formula is C20H23NO6. The fourth-order valence-electron chi connectivity index (χ4n) is 3.25. The van der Waals surface area contributed by atoms with Gasteiger partial charge in [0.05, 0.1) is 18.1 Å². The highest BCUT2D eigenvalue weighted by molar-refractivity contribution is 5.96. The summed E-state index contributed by atoms with van der Waals surface area (Å²) >= 11 is 0. The number of fused-ring (bicyclic) bond motifs is 1. The summed E-state index contributed by atoms with van der Waals surface area (Å²) in [7, 11) is 0. The Balaban J connectivity index is 1.76. The first-order valence-corrected chi connectivity index (χ1v) is 9.06. The van der Waals surface area contributed by atoms with Crippen molar-refractivity contribution >= 4 is 28.8 Å². The van der Waals surface area contributed by atoms with Gasteiger partial charge in [-0.2, -0.15) is 0 Å². The van der Waals surface area contributed by atoms with E-state index >= 15 is 0 Å². The number of benzene rings is 1. The van der Waals surface area contributed by atoms with Crippen molar-refractivity contribution in [3.05, 3.63) is 35.6 Å². The molecule has 144 valence electrons. The van der Waals surface area contributed by atoms with E-state index in [1.165, 1.54) is 0 Å².